The van der Waals surface area contributed by atoms with Gasteiger partial charge < -0.3 is 10.8 Å². The lowest BCUT2D eigenvalue weighted by Gasteiger charge is -2.51. The molecule has 1 aliphatic carbocycles. The lowest BCUT2D eigenvalue weighted by atomic mass is 9.61. The Kier molecular flexibility index (Phi) is 4.82. The van der Waals surface area contributed by atoms with Gasteiger partial charge in [0.05, 0.1) is 16.7 Å². The molecule has 0 spiro atoms. The van der Waals surface area contributed by atoms with Gasteiger partial charge in [0, 0.05) is 29.8 Å². The predicted octanol–water partition coefficient (Wildman–Crippen LogP) is 4.44. The Morgan fingerprint density at radius 1 is 1.03 bits per heavy atom. The Bertz CT molecular complexity index is 1560. The molecule has 3 aromatic heterocycles. The molecule has 6 nitrogen and oxygen atoms in total. The molecule has 0 unspecified atom stereocenters. The molecule has 1 fully saturated rings. The second-order valence-electron chi connectivity index (χ2n) is 10.1. The zero-order valence-corrected chi connectivity index (χ0v) is 20.4. The van der Waals surface area contributed by atoms with Crippen molar-refractivity contribution in [3.8, 4) is 22.4 Å². The fraction of sp³-hybridized carbons (Fsp3) is 0.276. The topological polar surface area (TPSA) is 81.1 Å². The molecule has 1 saturated carbocycles. The van der Waals surface area contributed by atoms with E-state index in [0.717, 1.165) is 56.7 Å². The summed E-state index contributed by atoms with van der Waals surface area (Å²) in [6, 6.07) is 23.0. The normalized spacial score (nSPS) is 22.0. The van der Waals surface area contributed by atoms with E-state index >= 15 is 0 Å². The second-order valence-corrected chi connectivity index (χ2v) is 10.1. The van der Waals surface area contributed by atoms with Crippen LogP contribution >= 0.6 is 0 Å². The Labute approximate surface area is 204 Å². The quantitative estimate of drug-likeness (QED) is 0.386. The van der Waals surface area contributed by atoms with Crippen LogP contribution in [0.2, 0.25) is 0 Å². The van der Waals surface area contributed by atoms with Crippen LogP contribution in [0.4, 0.5) is 0 Å². The van der Waals surface area contributed by atoms with Crippen LogP contribution in [0.1, 0.15) is 37.4 Å². The molecule has 5 aromatic rings. The summed E-state index contributed by atoms with van der Waals surface area (Å²) >= 11 is 0. The number of nitrogens with two attached hydrogens (primary N) is 1. The highest BCUT2D eigenvalue weighted by molar-refractivity contribution is 5.89. The fourth-order valence-electron chi connectivity index (χ4n) is 5.51. The molecule has 1 aliphatic rings. The van der Waals surface area contributed by atoms with Crippen molar-refractivity contribution >= 4 is 16.7 Å². The van der Waals surface area contributed by atoms with Crippen molar-refractivity contribution in [2.45, 2.75) is 44.2 Å². The minimum absolute atomic E-state index is 0.476. The van der Waals surface area contributed by atoms with Gasteiger partial charge in [0.2, 0.25) is 0 Å². The summed E-state index contributed by atoms with van der Waals surface area (Å²) in [6.07, 6.45) is 3.81. The average molecular weight is 465 g/mol. The standard InChI is InChI=1S/C29H30N5O/c1-4-28(35)17-29(30,18-28)23-12-10-21(11-13-23)26-24(20-8-6-5-7-9-20)15-22-16-31-25-14-19(2)33(3)34(25)27(22)32-26/h5-16,35H,4,17-18,30H2,1-3H3/q+1. The third kappa shape index (κ3) is 3.44. The maximum atomic E-state index is 10.5. The Balaban J connectivity index is 1.52. The van der Waals surface area contributed by atoms with Crippen molar-refractivity contribution in [1.29, 1.82) is 0 Å². The lowest BCUT2D eigenvalue weighted by molar-refractivity contribution is -0.584. The first-order valence-corrected chi connectivity index (χ1v) is 12.2. The first-order valence-electron chi connectivity index (χ1n) is 12.2. The number of aromatic nitrogens is 4. The van der Waals surface area contributed by atoms with Gasteiger partial charge in [-0.2, -0.15) is 0 Å². The third-order valence-electron chi connectivity index (χ3n) is 7.70. The average Bonchev–Trinajstić information content (AvgIpc) is 3.16. The maximum absolute atomic E-state index is 10.5. The van der Waals surface area contributed by atoms with Crippen molar-refractivity contribution < 1.29 is 9.62 Å². The van der Waals surface area contributed by atoms with E-state index in [9.17, 15) is 5.11 Å². The largest absolute Gasteiger partial charge is 0.390 e. The minimum Gasteiger partial charge on any atom is -0.390 e. The van der Waals surface area contributed by atoms with Gasteiger partial charge in [-0.1, -0.05) is 66.5 Å². The van der Waals surface area contributed by atoms with Crippen LogP contribution in [0.25, 0.3) is 39.1 Å². The number of fused-ring (bicyclic) bond motifs is 3. The number of rotatable bonds is 4. The summed E-state index contributed by atoms with van der Waals surface area (Å²) in [5.41, 5.74) is 13.6. The Morgan fingerprint density at radius 2 is 1.74 bits per heavy atom. The van der Waals surface area contributed by atoms with Crippen LogP contribution < -0.4 is 10.2 Å². The van der Waals surface area contributed by atoms with E-state index in [2.05, 4.69) is 69.6 Å². The molecule has 0 radical (unpaired) electrons. The molecule has 6 rings (SSSR count). The summed E-state index contributed by atoms with van der Waals surface area (Å²) < 4.78 is 4.14. The molecule has 0 atom stereocenters. The molecular formula is C29H30N5O+. The zero-order valence-electron chi connectivity index (χ0n) is 20.4. The highest BCUT2D eigenvalue weighted by Gasteiger charge is 2.51. The monoisotopic (exact) mass is 464 g/mol. The van der Waals surface area contributed by atoms with E-state index in [1.165, 1.54) is 0 Å². The van der Waals surface area contributed by atoms with E-state index in [4.69, 9.17) is 10.7 Å². The zero-order chi connectivity index (χ0) is 24.4. The molecule has 0 bridgehead atoms. The van der Waals surface area contributed by atoms with Crippen LogP contribution in [-0.4, -0.2) is 25.4 Å². The summed E-state index contributed by atoms with van der Waals surface area (Å²) in [5.74, 6) is 0. The van der Waals surface area contributed by atoms with Gasteiger partial charge in [-0.3, -0.25) is 0 Å². The van der Waals surface area contributed by atoms with Crippen molar-refractivity contribution in [1.82, 2.24) is 14.6 Å². The smallest absolute Gasteiger partial charge is 0.296 e. The van der Waals surface area contributed by atoms with Gasteiger partial charge in [-0.25, -0.2) is 4.68 Å². The van der Waals surface area contributed by atoms with E-state index < -0.39 is 11.1 Å². The van der Waals surface area contributed by atoms with Gasteiger partial charge in [-0.05, 0) is 43.4 Å². The summed E-state index contributed by atoms with van der Waals surface area (Å²) in [6.45, 7) is 4.08. The van der Waals surface area contributed by atoms with Crippen molar-refractivity contribution in [3.63, 3.8) is 0 Å². The van der Waals surface area contributed by atoms with Gasteiger partial charge in [0.15, 0.2) is 5.69 Å². The van der Waals surface area contributed by atoms with Gasteiger partial charge >= 0.3 is 0 Å². The third-order valence-corrected chi connectivity index (χ3v) is 7.70. The molecule has 3 heterocycles. The number of aryl methyl sites for hydroxylation is 2. The van der Waals surface area contributed by atoms with Crippen molar-refractivity contribution in [3.05, 3.63) is 84.2 Å². The van der Waals surface area contributed by atoms with E-state index in [0.29, 0.717) is 12.8 Å². The molecule has 3 N–H and O–H groups in total. The van der Waals surface area contributed by atoms with E-state index in [1.54, 1.807) is 0 Å². The molecule has 2 aromatic carbocycles. The van der Waals surface area contributed by atoms with Crippen molar-refractivity contribution in [2.75, 3.05) is 0 Å². The number of pyridine rings is 1. The van der Waals surface area contributed by atoms with Crippen molar-refractivity contribution in [2.24, 2.45) is 12.8 Å². The van der Waals surface area contributed by atoms with E-state index in [-0.39, 0.29) is 0 Å². The van der Waals surface area contributed by atoms with E-state index in [1.807, 2.05) is 38.4 Å². The first-order chi connectivity index (χ1) is 16.8. The highest BCUT2D eigenvalue weighted by Crippen LogP contribution is 2.48. The Morgan fingerprint density at radius 3 is 2.43 bits per heavy atom. The van der Waals surface area contributed by atoms with Crippen LogP contribution in [-0.2, 0) is 12.6 Å². The number of hydrogen-bond donors (Lipinski definition) is 2. The highest BCUT2D eigenvalue weighted by atomic mass is 16.3. The number of aliphatic hydroxyl groups is 1. The number of benzene rings is 2. The fourth-order valence-corrected chi connectivity index (χ4v) is 5.51. The van der Waals surface area contributed by atoms with Crippen LogP contribution in [0.5, 0.6) is 0 Å². The SMILES string of the molecule is CCC1(O)CC(N)(c2ccc(-c3nc4c(cnc5cc(C)n(C)[n+]54)cc3-c3ccccc3)cc2)C1. The van der Waals surface area contributed by atoms with Crippen LogP contribution in [0, 0.1) is 6.92 Å². The number of nitrogens with zero attached hydrogens (tertiary/aromatic N) is 4. The molecule has 176 valence electrons. The maximum Gasteiger partial charge on any atom is 0.296 e. The molecule has 0 amide bonds. The minimum atomic E-state index is -0.641. The summed E-state index contributed by atoms with van der Waals surface area (Å²) in [5, 5.41) is 11.5. The second kappa shape index (κ2) is 7.70. The molecule has 0 saturated heterocycles. The summed E-state index contributed by atoms with van der Waals surface area (Å²) in [4.78, 5) is 9.89. The predicted molar refractivity (Wildman–Crippen MR) is 138 cm³/mol. The van der Waals surface area contributed by atoms with Gasteiger partial charge in [0.25, 0.3) is 11.3 Å². The van der Waals surface area contributed by atoms with Crippen LogP contribution in [0.3, 0.4) is 0 Å². The number of hydrogen-bond acceptors (Lipinski definition) is 4. The van der Waals surface area contributed by atoms with Crippen LogP contribution in [0.15, 0.2) is 72.9 Å². The van der Waals surface area contributed by atoms with Gasteiger partial charge in [-0.15, -0.1) is 9.50 Å². The van der Waals surface area contributed by atoms with Gasteiger partial charge in [0.1, 0.15) is 6.20 Å². The lowest BCUT2D eigenvalue weighted by Crippen LogP contribution is -2.59. The molecule has 6 heteroatoms. The first kappa shape index (κ1) is 21.9. The summed E-state index contributed by atoms with van der Waals surface area (Å²) in [7, 11) is 2.03. The molecular weight excluding hydrogens is 434 g/mol. The molecule has 0 aliphatic heterocycles. The Hall–Kier alpha value is -3.61. The molecule has 35 heavy (non-hydrogen) atoms.